The van der Waals surface area contributed by atoms with Gasteiger partial charge < -0.3 is 5.11 Å². The minimum atomic E-state index is -0.320. The Labute approximate surface area is 111 Å². The Balaban J connectivity index is 2.63. The van der Waals surface area contributed by atoms with Gasteiger partial charge in [-0.1, -0.05) is 47.0 Å². The highest BCUT2D eigenvalue weighted by Gasteiger charge is 2.34. The molecule has 2 heteroatoms. The molecule has 0 radical (unpaired) electrons. The maximum absolute atomic E-state index is 12.2. The Morgan fingerprint density at radius 1 is 1.39 bits per heavy atom. The van der Waals surface area contributed by atoms with Crippen molar-refractivity contribution in [2.45, 2.75) is 66.2 Å². The quantitative estimate of drug-likeness (QED) is 0.504. The highest BCUT2D eigenvalue weighted by Crippen LogP contribution is 2.40. The fourth-order valence-electron chi connectivity index (χ4n) is 2.50. The minimum Gasteiger partial charge on any atom is -0.512 e. The number of aliphatic hydroxyl groups is 1. The van der Waals surface area contributed by atoms with Gasteiger partial charge in [0.15, 0.2) is 5.78 Å². The summed E-state index contributed by atoms with van der Waals surface area (Å²) in [4.78, 5) is 12.2. The highest BCUT2D eigenvalue weighted by molar-refractivity contribution is 5.94. The number of carbonyl (C=O) groups is 1. The van der Waals surface area contributed by atoms with E-state index in [1.54, 1.807) is 0 Å². The molecule has 1 N–H and O–H groups in total. The van der Waals surface area contributed by atoms with Crippen molar-refractivity contribution < 1.29 is 9.90 Å². The van der Waals surface area contributed by atoms with Crippen molar-refractivity contribution in [2.75, 3.05) is 0 Å². The van der Waals surface area contributed by atoms with E-state index in [1.165, 1.54) is 18.9 Å². The van der Waals surface area contributed by atoms with Crippen molar-refractivity contribution in [1.82, 2.24) is 0 Å². The molecule has 0 aromatic heterocycles. The summed E-state index contributed by atoms with van der Waals surface area (Å²) in [6, 6.07) is 0. The molecule has 2 nitrogen and oxygen atoms in total. The van der Waals surface area contributed by atoms with Gasteiger partial charge in [-0.2, -0.15) is 0 Å². The SMILES string of the molecule is CCCC(CC)/C(O)=C/C(=O)C(C)(C)CC1CC1. The van der Waals surface area contributed by atoms with Crippen LogP contribution in [0, 0.1) is 17.3 Å². The second-order valence-electron chi connectivity index (χ2n) is 6.36. The molecule has 18 heavy (non-hydrogen) atoms. The van der Waals surface area contributed by atoms with E-state index in [2.05, 4.69) is 13.8 Å². The molecule has 0 saturated heterocycles. The number of hydrogen-bond donors (Lipinski definition) is 1. The van der Waals surface area contributed by atoms with Crippen LogP contribution < -0.4 is 0 Å². The number of aliphatic hydroxyl groups excluding tert-OH is 1. The van der Waals surface area contributed by atoms with Crippen LogP contribution in [0.4, 0.5) is 0 Å². The lowest BCUT2D eigenvalue weighted by molar-refractivity contribution is -0.122. The van der Waals surface area contributed by atoms with Crippen molar-refractivity contribution >= 4 is 5.78 Å². The summed E-state index contributed by atoms with van der Waals surface area (Å²) in [6.45, 7) is 8.16. The summed E-state index contributed by atoms with van der Waals surface area (Å²) in [5.41, 5.74) is -0.320. The number of ketones is 1. The van der Waals surface area contributed by atoms with Gasteiger partial charge in [0.05, 0.1) is 5.76 Å². The molecule has 0 amide bonds. The van der Waals surface area contributed by atoms with E-state index < -0.39 is 0 Å². The summed E-state index contributed by atoms with van der Waals surface area (Å²) >= 11 is 0. The monoisotopic (exact) mass is 252 g/mol. The van der Waals surface area contributed by atoms with Gasteiger partial charge in [0.1, 0.15) is 0 Å². The fraction of sp³-hybridized carbons (Fsp3) is 0.812. The Morgan fingerprint density at radius 2 is 2.00 bits per heavy atom. The van der Waals surface area contributed by atoms with Crippen LogP contribution in [0.25, 0.3) is 0 Å². The zero-order valence-corrected chi connectivity index (χ0v) is 12.3. The van der Waals surface area contributed by atoms with E-state index in [1.807, 2.05) is 13.8 Å². The Bertz CT molecular complexity index is 311. The molecule has 0 bridgehead atoms. The molecule has 1 aliphatic carbocycles. The van der Waals surface area contributed by atoms with Crippen molar-refractivity contribution in [3.05, 3.63) is 11.8 Å². The largest absolute Gasteiger partial charge is 0.512 e. The first-order valence-corrected chi connectivity index (χ1v) is 7.35. The minimum absolute atomic E-state index is 0.0847. The van der Waals surface area contributed by atoms with E-state index in [4.69, 9.17) is 0 Å². The molecule has 1 saturated carbocycles. The third-order valence-electron chi connectivity index (χ3n) is 3.99. The van der Waals surface area contributed by atoms with Crippen molar-refractivity contribution in [3.8, 4) is 0 Å². The average molecular weight is 252 g/mol. The number of carbonyl (C=O) groups excluding carboxylic acids is 1. The van der Waals surface area contributed by atoms with Crippen LogP contribution in [0.15, 0.2) is 11.8 Å². The summed E-state index contributed by atoms with van der Waals surface area (Å²) in [7, 11) is 0. The zero-order chi connectivity index (χ0) is 13.8. The molecule has 0 aromatic rings. The summed E-state index contributed by atoms with van der Waals surface area (Å²) in [5, 5.41) is 10.1. The lowest BCUT2D eigenvalue weighted by Crippen LogP contribution is -2.24. The van der Waals surface area contributed by atoms with Gasteiger partial charge in [-0.3, -0.25) is 4.79 Å². The van der Waals surface area contributed by atoms with Crippen LogP contribution in [-0.2, 0) is 4.79 Å². The first-order chi connectivity index (χ1) is 8.40. The molecule has 104 valence electrons. The predicted molar refractivity (Wildman–Crippen MR) is 75.5 cm³/mol. The lowest BCUT2D eigenvalue weighted by atomic mass is 9.81. The van der Waals surface area contributed by atoms with Crippen molar-refractivity contribution in [3.63, 3.8) is 0 Å². The van der Waals surface area contributed by atoms with E-state index in [0.717, 1.165) is 31.6 Å². The number of allylic oxidation sites excluding steroid dienone is 2. The standard InChI is InChI=1S/C16H28O2/c1-5-7-13(6-2)14(17)10-15(18)16(3,4)11-12-8-9-12/h10,12-13,17H,5-9,11H2,1-4H3/b14-10-. The van der Waals surface area contributed by atoms with Crippen LogP contribution >= 0.6 is 0 Å². The van der Waals surface area contributed by atoms with Gasteiger partial charge in [-0.25, -0.2) is 0 Å². The molecule has 0 aliphatic heterocycles. The molecule has 1 aliphatic rings. The molecule has 0 heterocycles. The van der Waals surface area contributed by atoms with Gasteiger partial charge in [-0.15, -0.1) is 0 Å². The van der Waals surface area contributed by atoms with Crippen LogP contribution in [0.5, 0.6) is 0 Å². The molecule has 1 atom stereocenters. The molecule has 1 fully saturated rings. The molecular weight excluding hydrogens is 224 g/mol. The first-order valence-electron chi connectivity index (χ1n) is 7.35. The molecular formula is C16H28O2. The third-order valence-corrected chi connectivity index (χ3v) is 3.99. The fourth-order valence-corrected chi connectivity index (χ4v) is 2.50. The van der Waals surface area contributed by atoms with E-state index in [0.29, 0.717) is 0 Å². The second-order valence-corrected chi connectivity index (χ2v) is 6.36. The van der Waals surface area contributed by atoms with Crippen LogP contribution in [0.2, 0.25) is 0 Å². The number of hydrogen-bond acceptors (Lipinski definition) is 2. The van der Waals surface area contributed by atoms with Crippen LogP contribution in [-0.4, -0.2) is 10.9 Å². The van der Waals surface area contributed by atoms with Gasteiger partial charge in [0.2, 0.25) is 0 Å². The maximum atomic E-state index is 12.2. The van der Waals surface area contributed by atoms with Crippen molar-refractivity contribution in [2.24, 2.45) is 17.3 Å². The Hall–Kier alpha value is -0.790. The predicted octanol–water partition coefficient (Wildman–Crippen LogP) is 4.65. The molecule has 1 rings (SSSR count). The molecule has 0 aromatic carbocycles. The lowest BCUT2D eigenvalue weighted by Gasteiger charge is -2.22. The summed E-state index contributed by atoms with van der Waals surface area (Å²) in [5.74, 6) is 1.25. The molecule has 1 unspecified atom stereocenters. The summed E-state index contributed by atoms with van der Waals surface area (Å²) < 4.78 is 0. The maximum Gasteiger partial charge on any atom is 0.164 e. The van der Waals surface area contributed by atoms with Gasteiger partial charge in [0.25, 0.3) is 0 Å². The molecule has 0 spiro atoms. The Morgan fingerprint density at radius 3 is 2.44 bits per heavy atom. The van der Waals surface area contributed by atoms with Crippen LogP contribution in [0.1, 0.15) is 66.2 Å². The zero-order valence-electron chi connectivity index (χ0n) is 12.3. The van der Waals surface area contributed by atoms with Crippen molar-refractivity contribution in [1.29, 1.82) is 0 Å². The van der Waals surface area contributed by atoms with Crippen LogP contribution in [0.3, 0.4) is 0 Å². The van der Waals surface area contributed by atoms with E-state index >= 15 is 0 Å². The second kappa shape index (κ2) is 6.40. The topological polar surface area (TPSA) is 37.3 Å². The smallest absolute Gasteiger partial charge is 0.164 e. The normalized spacial score (nSPS) is 18.8. The average Bonchev–Trinajstić information content (AvgIpc) is 3.08. The Kier molecular flexibility index (Phi) is 5.43. The van der Waals surface area contributed by atoms with Gasteiger partial charge in [-0.05, 0) is 25.2 Å². The first kappa shape index (κ1) is 15.3. The summed E-state index contributed by atoms with van der Waals surface area (Å²) in [6.07, 6.45) is 7.86. The number of rotatable bonds is 8. The van der Waals surface area contributed by atoms with Gasteiger partial charge in [0, 0.05) is 17.4 Å². The highest BCUT2D eigenvalue weighted by atomic mass is 16.3. The van der Waals surface area contributed by atoms with Gasteiger partial charge >= 0.3 is 0 Å². The van der Waals surface area contributed by atoms with E-state index in [9.17, 15) is 9.90 Å². The van der Waals surface area contributed by atoms with E-state index in [-0.39, 0.29) is 22.9 Å². The third kappa shape index (κ3) is 4.47.